The molecule has 0 aliphatic rings. The molecule has 0 aliphatic carbocycles. The average Bonchev–Trinajstić information content (AvgIpc) is 1.41. The fourth-order valence-electron chi connectivity index (χ4n) is 0. The molecule has 0 atom stereocenters. The van der Waals surface area contributed by atoms with Crippen molar-refractivity contribution < 1.29 is 17.4 Å². The van der Waals surface area contributed by atoms with E-state index in [-0.39, 0.29) is 33.6 Å². The molecule has 0 aromatic rings. The van der Waals surface area contributed by atoms with Gasteiger partial charge in [0.25, 0.3) is 0 Å². The van der Waals surface area contributed by atoms with Crippen molar-refractivity contribution in [3.8, 4) is 0 Å². The molecule has 0 amide bonds. The Labute approximate surface area is 117 Å². The van der Waals surface area contributed by atoms with Crippen molar-refractivity contribution in [2.24, 2.45) is 16.2 Å². The maximum atomic E-state index is 3.77. The Kier molecular flexibility index (Phi) is 15.2. The summed E-state index contributed by atoms with van der Waals surface area (Å²) in [4.78, 5) is 0. The van der Waals surface area contributed by atoms with Gasteiger partial charge >= 0.3 is 17.4 Å². The molecule has 0 aliphatic heterocycles. The fraction of sp³-hybridized carbons (Fsp3) is 0.800. The van der Waals surface area contributed by atoms with Crippen LogP contribution in [0, 0.1) is 37.0 Å². The van der Waals surface area contributed by atoms with E-state index < -0.39 is 0 Å². The molecule has 0 heterocycles. The molecule has 99 valence electrons. The average molecular weight is 265 g/mol. The molecular formula is C15H33Cr. The van der Waals surface area contributed by atoms with E-state index in [0.717, 1.165) is 0 Å². The molecule has 0 nitrogen and oxygen atoms in total. The second kappa shape index (κ2) is 9.55. The van der Waals surface area contributed by atoms with Crippen LogP contribution < -0.4 is 0 Å². The monoisotopic (exact) mass is 265 g/mol. The van der Waals surface area contributed by atoms with Crippen LogP contribution in [0.3, 0.4) is 0 Å². The Hall–Kier alpha value is 0.532. The van der Waals surface area contributed by atoms with Crippen molar-refractivity contribution in [3.05, 3.63) is 20.8 Å². The molecule has 0 unspecified atom stereocenters. The van der Waals surface area contributed by atoms with E-state index in [1.54, 1.807) is 0 Å². The zero-order valence-electron chi connectivity index (χ0n) is 13.0. The van der Waals surface area contributed by atoms with E-state index >= 15 is 0 Å². The molecule has 0 fully saturated rings. The van der Waals surface area contributed by atoms with Gasteiger partial charge in [-0.05, 0) is 0 Å². The third-order valence-corrected chi connectivity index (χ3v) is 0. The standard InChI is InChI=1S/3C5H11.Cr/c3*1-5(2,3)4;/h3*1H2,2-4H3;/q3*-1;+3. The van der Waals surface area contributed by atoms with Gasteiger partial charge in [0.15, 0.2) is 0 Å². The SMILES string of the molecule is [CH2-]C(C)(C)C.[CH2-]C(C)(C)C.[CH2-]C(C)(C)C.[Cr+3]. The van der Waals surface area contributed by atoms with Gasteiger partial charge in [-0.1, -0.05) is 62.3 Å². The van der Waals surface area contributed by atoms with Gasteiger partial charge in [0.1, 0.15) is 0 Å². The maximum absolute atomic E-state index is 3.77. The van der Waals surface area contributed by atoms with E-state index in [2.05, 4.69) is 83.1 Å². The number of rotatable bonds is 0. The Morgan fingerprint density at radius 2 is 0.438 bits per heavy atom. The minimum absolute atomic E-state index is 0. The molecule has 0 rings (SSSR count). The third-order valence-electron chi connectivity index (χ3n) is 0. The normalized spacial score (nSPS) is 11.2. The molecule has 16 heavy (non-hydrogen) atoms. The Morgan fingerprint density at radius 3 is 0.438 bits per heavy atom. The van der Waals surface area contributed by atoms with Gasteiger partial charge in [0.05, 0.1) is 0 Å². The van der Waals surface area contributed by atoms with Crippen LogP contribution in [0.25, 0.3) is 0 Å². The maximum Gasteiger partial charge on any atom is 3.00 e. The first-order chi connectivity index (χ1) is 6.00. The van der Waals surface area contributed by atoms with Gasteiger partial charge in [0.2, 0.25) is 0 Å². The Balaban J connectivity index is -0.0000000655. The number of hydrogen-bond acceptors (Lipinski definition) is 0. The molecule has 1 heteroatoms. The quantitative estimate of drug-likeness (QED) is 0.500. The van der Waals surface area contributed by atoms with Gasteiger partial charge in [0, 0.05) is 0 Å². The Bertz CT molecular complexity index is 80.5. The molecule has 0 N–H and O–H groups in total. The summed E-state index contributed by atoms with van der Waals surface area (Å²) in [7, 11) is 0. The summed E-state index contributed by atoms with van der Waals surface area (Å²) in [5, 5.41) is 0. The largest absolute Gasteiger partial charge is 3.00 e. The predicted octanol–water partition coefficient (Wildman–Crippen LogP) is 5.60. The van der Waals surface area contributed by atoms with Gasteiger partial charge in [-0.25, -0.2) is 0 Å². The summed E-state index contributed by atoms with van der Waals surface area (Å²) in [5.41, 5.74) is 0.750. The van der Waals surface area contributed by atoms with Crippen LogP contribution in [0.1, 0.15) is 62.3 Å². The first kappa shape index (κ1) is 25.4. The van der Waals surface area contributed by atoms with Gasteiger partial charge in [-0.15, -0.1) is 0 Å². The summed E-state index contributed by atoms with van der Waals surface area (Å²) in [6, 6.07) is 0. The smallest absolute Gasteiger partial charge is 0.338 e. The first-order valence-electron chi connectivity index (χ1n) is 5.56. The van der Waals surface area contributed by atoms with Gasteiger partial charge in [-0.2, -0.15) is 16.2 Å². The van der Waals surface area contributed by atoms with Crippen molar-refractivity contribution in [2.75, 3.05) is 0 Å². The van der Waals surface area contributed by atoms with Gasteiger partial charge in [-0.3, -0.25) is 0 Å². The summed E-state index contributed by atoms with van der Waals surface area (Å²) in [6.45, 7) is 30.0. The molecule has 0 saturated carbocycles. The summed E-state index contributed by atoms with van der Waals surface area (Å²) in [5.74, 6) is 0. The molecule has 0 bridgehead atoms. The predicted molar refractivity (Wildman–Crippen MR) is 74.4 cm³/mol. The van der Waals surface area contributed by atoms with Crippen LogP contribution in [-0.2, 0) is 17.4 Å². The van der Waals surface area contributed by atoms with Crippen LogP contribution in [0.5, 0.6) is 0 Å². The molecule has 0 aromatic carbocycles. The van der Waals surface area contributed by atoms with Crippen molar-refractivity contribution in [2.45, 2.75) is 62.3 Å². The van der Waals surface area contributed by atoms with Crippen molar-refractivity contribution in [1.82, 2.24) is 0 Å². The van der Waals surface area contributed by atoms with E-state index in [4.69, 9.17) is 0 Å². The molecule has 0 aromatic heterocycles. The first-order valence-corrected chi connectivity index (χ1v) is 5.56. The second-order valence-electron chi connectivity index (χ2n) is 7.68. The molecule has 0 saturated heterocycles. The topological polar surface area (TPSA) is 0 Å². The van der Waals surface area contributed by atoms with E-state index in [0.29, 0.717) is 0 Å². The van der Waals surface area contributed by atoms with Crippen LogP contribution >= 0.6 is 0 Å². The van der Waals surface area contributed by atoms with Crippen molar-refractivity contribution in [3.63, 3.8) is 0 Å². The zero-order chi connectivity index (χ0) is 13.5. The summed E-state index contributed by atoms with van der Waals surface area (Å²) >= 11 is 0. The Morgan fingerprint density at radius 1 is 0.438 bits per heavy atom. The molecular weight excluding hydrogens is 232 g/mol. The second-order valence-corrected chi connectivity index (χ2v) is 7.68. The minimum atomic E-state index is 0. The molecule has 1 radical (unpaired) electrons. The fourth-order valence-corrected chi connectivity index (χ4v) is 0. The van der Waals surface area contributed by atoms with E-state index in [1.807, 2.05) is 0 Å². The van der Waals surface area contributed by atoms with Crippen molar-refractivity contribution in [1.29, 1.82) is 0 Å². The molecule has 0 spiro atoms. The summed E-state index contributed by atoms with van der Waals surface area (Å²) < 4.78 is 0. The van der Waals surface area contributed by atoms with Crippen LogP contribution in [0.4, 0.5) is 0 Å². The third kappa shape index (κ3) is 9390. The van der Waals surface area contributed by atoms with Crippen LogP contribution in [-0.4, -0.2) is 0 Å². The van der Waals surface area contributed by atoms with Crippen LogP contribution in [0.15, 0.2) is 0 Å². The van der Waals surface area contributed by atoms with Crippen LogP contribution in [0.2, 0.25) is 0 Å². The van der Waals surface area contributed by atoms with Gasteiger partial charge < -0.3 is 20.8 Å². The van der Waals surface area contributed by atoms with E-state index in [9.17, 15) is 0 Å². The minimum Gasteiger partial charge on any atom is -0.338 e. The van der Waals surface area contributed by atoms with E-state index in [1.165, 1.54) is 0 Å². The van der Waals surface area contributed by atoms with Crippen molar-refractivity contribution >= 4 is 0 Å². The summed E-state index contributed by atoms with van der Waals surface area (Å²) in [6.07, 6.45) is 0. The zero-order valence-corrected chi connectivity index (χ0v) is 14.3. The number of hydrogen-bond donors (Lipinski definition) is 0.